The minimum Gasteiger partial charge on any atom is -0.348 e. The van der Waals surface area contributed by atoms with Gasteiger partial charge in [-0.3, -0.25) is 4.79 Å². The summed E-state index contributed by atoms with van der Waals surface area (Å²) in [5.74, 6) is -0.114. The molecule has 1 saturated carbocycles. The molecular formula is C11H16N4O. The Balaban J connectivity index is 1.96. The Morgan fingerprint density at radius 3 is 2.88 bits per heavy atom. The number of amides is 1. The molecule has 16 heavy (non-hydrogen) atoms. The second-order valence-electron chi connectivity index (χ2n) is 4.16. The lowest BCUT2D eigenvalue weighted by atomic mass is 9.91. The smallest absolute Gasteiger partial charge is 0.253 e. The van der Waals surface area contributed by atoms with Gasteiger partial charge in [0.15, 0.2) is 0 Å². The molecule has 1 amide bonds. The number of carbonyl (C=O) groups is 1. The molecule has 0 spiro atoms. The van der Waals surface area contributed by atoms with E-state index in [1.165, 1.54) is 12.4 Å². The average Bonchev–Trinajstić information content (AvgIpc) is 2.33. The zero-order valence-corrected chi connectivity index (χ0v) is 9.10. The van der Waals surface area contributed by atoms with Crippen LogP contribution in [0.4, 0.5) is 0 Å². The molecule has 1 heterocycles. The number of nitrogens with one attached hydrogen (secondary N) is 1. The van der Waals surface area contributed by atoms with E-state index >= 15 is 0 Å². The Morgan fingerprint density at radius 2 is 2.19 bits per heavy atom. The molecule has 1 aliphatic rings. The van der Waals surface area contributed by atoms with Gasteiger partial charge in [0.2, 0.25) is 0 Å². The first-order valence-electron chi connectivity index (χ1n) is 5.60. The number of hydrogen-bond acceptors (Lipinski definition) is 4. The molecule has 3 N–H and O–H groups in total. The number of aromatic nitrogens is 2. The minimum absolute atomic E-state index is 0.0764. The Hall–Kier alpha value is -1.49. The van der Waals surface area contributed by atoms with Gasteiger partial charge in [-0.05, 0) is 18.9 Å². The van der Waals surface area contributed by atoms with Crippen LogP contribution in [-0.2, 0) is 0 Å². The fourth-order valence-electron chi connectivity index (χ4n) is 2.02. The molecule has 2 rings (SSSR count). The van der Waals surface area contributed by atoms with Crippen molar-refractivity contribution in [2.24, 2.45) is 5.73 Å². The number of hydrogen-bond donors (Lipinski definition) is 2. The highest BCUT2D eigenvalue weighted by Crippen LogP contribution is 2.17. The molecule has 1 aromatic rings. The molecule has 0 aromatic carbocycles. The van der Waals surface area contributed by atoms with Crippen molar-refractivity contribution in [1.82, 2.24) is 15.5 Å². The fraction of sp³-hybridized carbons (Fsp3) is 0.545. The molecule has 1 aliphatic carbocycles. The maximum absolute atomic E-state index is 11.8. The standard InChI is InChI=1S/C11H16N4O/c12-9-3-1-2-4-10(9)15-11(16)8-5-6-13-14-7-8/h5-7,9-10H,1-4,12H2,(H,15,16)/t9-,10-/m1/s1. The second kappa shape index (κ2) is 5.03. The van der Waals surface area contributed by atoms with Crippen LogP contribution < -0.4 is 11.1 Å². The molecular weight excluding hydrogens is 204 g/mol. The van der Waals surface area contributed by atoms with Crippen molar-refractivity contribution in [2.45, 2.75) is 37.8 Å². The van der Waals surface area contributed by atoms with Crippen LogP contribution in [0.15, 0.2) is 18.5 Å². The summed E-state index contributed by atoms with van der Waals surface area (Å²) in [6, 6.07) is 1.82. The van der Waals surface area contributed by atoms with Gasteiger partial charge in [0.05, 0.1) is 18.0 Å². The largest absolute Gasteiger partial charge is 0.348 e. The first-order chi connectivity index (χ1) is 7.77. The zero-order chi connectivity index (χ0) is 11.4. The Bertz CT molecular complexity index is 354. The van der Waals surface area contributed by atoms with E-state index in [1.54, 1.807) is 6.07 Å². The van der Waals surface area contributed by atoms with Crippen LogP contribution in [-0.4, -0.2) is 28.2 Å². The Kier molecular flexibility index (Phi) is 3.46. The minimum atomic E-state index is -0.114. The molecule has 5 nitrogen and oxygen atoms in total. The van der Waals surface area contributed by atoms with E-state index in [0.29, 0.717) is 5.56 Å². The molecule has 1 fully saturated rings. The molecule has 0 unspecified atom stereocenters. The molecule has 0 aliphatic heterocycles. The van der Waals surface area contributed by atoms with E-state index < -0.39 is 0 Å². The van der Waals surface area contributed by atoms with Gasteiger partial charge in [0, 0.05) is 12.1 Å². The van der Waals surface area contributed by atoms with Gasteiger partial charge in [0.25, 0.3) is 5.91 Å². The number of rotatable bonds is 2. The molecule has 1 aromatic heterocycles. The number of carbonyl (C=O) groups excluding carboxylic acids is 1. The SMILES string of the molecule is N[C@@H]1CCCC[C@H]1NC(=O)c1ccnnc1. The summed E-state index contributed by atoms with van der Waals surface area (Å²) in [7, 11) is 0. The molecule has 5 heteroatoms. The lowest BCUT2D eigenvalue weighted by Gasteiger charge is -2.29. The predicted octanol–water partition coefficient (Wildman–Crippen LogP) is 0.476. The summed E-state index contributed by atoms with van der Waals surface area (Å²) in [6.45, 7) is 0. The van der Waals surface area contributed by atoms with Crippen LogP contribution in [0.3, 0.4) is 0 Å². The summed E-state index contributed by atoms with van der Waals surface area (Å²) in [6.07, 6.45) is 7.21. The van der Waals surface area contributed by atoms with E-state index in [0.717, 1.165) is 25.7 Å². The molecule has 0 saturated heterocycles. The van der Waals surface area contributed by atoms with E-state index in [1.807, 2.05) is 0 Å². The number of nitrogens with two attached hydrogens (primary N) is 1. The van der Waals surface area contributed by atoms with Crippen molar-refractivity contribution in [3.8, 4) is 0 Å². The van der Waals surface area contributed by atoms with Crippen LogP contribution in [0.25, 0.3) is 0 Å². The summed E-state index contributed by atoms with van der Waals surface area (Å²) in [5.41, 5.74) is 6.50. The molecule has 2 atom stereocenters. The summed E-state index contributed by atoms with van der Waals surface area (Å²) in [5, 5.41) is 10.3. The van der Waals surface area contributed by atoms with E-state index in [9.17, 15) is 4.79 Å². The van der Waals surface area contributed by atoms with Gasteiger partial charge in [-0.25, -0.2) is 0 Å². The van der Waals surface area contributed by atoms with Gasteiger partial charge < -0.3 is 11.1 Å². The number of nitrogens with zero attached hydrogens (tertiary/aromatic N) is 2. The van der Waals surface area contributed by atoms with Crippen molar-refractivity contribution in [3.05, 3.63) is 24.0 Å². The average molecular weight is 220 g/mol. The maximum atomic E-state index is 11.8. The van der Waals surface area contributed by atoms with E-state index in [4.69, 9.17) is 5.73 Å². The topological polar surface area (TPSA) is 80.9 Å². The maximum Gasteiger partial charge on any atom is 0.253 e. The second-order valence-corrected chi connectivity index (χ2v) is 4.16. The van der Waals surface area contributed by atoms with Crippen LogP contribution in [0.1, 0.15) is 36.0 Å². The molecule has 86 valence electrons. The third kappa shape index (κ3) is 2.55. The fourth-order valence-corrected chi connectivity index (χ4v) is 2.02. The van der Waals surface area contributed by atoms with Gasteiger partial charge >= 0.3 is 0 Å². The van der Waals surface area contributed by atoms with Crippen LogP contribution in [0, 0.1) is 0 Å². The van der Waals surface area contributed by atoms with Gasteiger partial charge in [-0.2, -0.15) is 10.2 Å². The quantitative estimate of drug-likeness (QED) is 0.759. The highest BCUT2D eigenvalue weighted by molar-refractivity contribution is 5.93. The van der Waals surface area contributed by atoms with E-state index in [2.05, 4.69) is 15.5 Å². The van der Waals surface area contributed by atoms with Crippen LogP contribution >= 0.6 is 0 Å². The lowest BCUT2D eigenvalue weighted by Crippen LogP contribution is -2.49. The summed E-state index contributed by atoms with van der Waals surface area (Å²) < 4.78 is 0. The lowest BCUT2D eigenvalue weighted by molar-refractivity contribution is 0.0920. The van der Waals surface area contributed by atoms with Crippen molar-refractivity contribution in [3.63, 3.8) is 0 Å². The molecule has 0 bridgehead atoms. The first-order valence-corrected chi connectivity index (χ1v) is 5.60. The van der Waals surface area contributed by atoms with E-state index in [-0.39, 0.29) is 18.0 Å². The van der Waals surface area contributed by atoms with Crippen molar-refractivity contribution < 1.29 is 4.79 Å². The highest BCUT2D eigenvalue weighted by Gasteiger charge is 2.23. The monoisotopic (exact) mass is 220 g/mol. The summed E-state index contributed by atoms with van der Waals surface area (Å²) in [4.78, 5) is 11.8. The van der Waals surface area contributed by atoms with Crippen molar-refractivity contribution >= 4 is 5.91 Å². The van der Waals surface area contributed by atoms with Gasteiger partial charge in [0.1, 0.15) is 0 Å². The predicted molar refractivity (Wildman–Crippen MR) is 59.7 cm³/mol. The van der Waals surface area contributed by atoms with Crippen LogP contribution in [0.5, 0.6) is 0 Å². The van der Waals surface area contributed by atoms with Gasteiger partial charge in [-0.1, -0.05) is 12.8 Å². The first kappa shape index (κ1) is 11.0. The molecule has 0 radical (unpaired) electrons. The Labute approximate surface area is 94.4 Å². The van der Waals surface area contributed by atoms with Crippen molar-refractivity contribution in [2.75, 3.05) is 0 Å². The summed E-state index contributed by atoms with van der Waals surface area (Å²) >= 11 is 0. The third-order valence-electron chi connectivity index (χ3n) is 2.98. The zero-order valence-electron chi connectivity index (χ0n) is 9.10. The normalized spacial score (nSPS) is 25.1. The van der Waals surface area contributed by atoms with Crippen molar-refractivity contribution in [1.29, 1.82) is 0 Å². The van der Waals surface area contributed by atoms with Crippen LogP contribution in [0.2, 0.25) is 0 Å². The Morgan fingerprint density at radius 1 is 1.38 bits per heavy atom. The highest BCUT2D eigenvalue weighted by atomic mass is 16.1. The third-order valence-corrected chi connectivity index (χ3v) is 2.98. The van der Waals surface area contributed by atoms with Gasteiger partial charge in [-0.15, -0.1) is 0 Å².